The highest BCUT2D eigenvalue weighted by molar-refractivity contribution is 7.09. The fourth-order valence-electron chi connectivity index (χ4n) is 2.69. The molecule has 0 spiro atoms. The third kappa shape index (κ3) is 4.61. The molecule has 0 saturated carbocycles. The number of rotatable bonds is 8. The fraction of sp³-hybridized carbons (Fsp3) is 0.238. The monoisotopic (exact) mass is 398 g/mol. The van der Waals surface area contributed by atoms with Crippen LogP contribution in [0.25, 0.3) is 0 Å². The number of thiazole rings is 1. The third-order valence-electron chi connectivity index (χ3n) is 4.10. The first kappa shape index (κ1) is 19.7. The van der Waals surface area contributed by atoms with Gasteiger partial charge in [-0.1, -0.05) is 36.4 Å². The molecule has 0 aliphatic rings. The summed E-state index contributed by atoms with van der Waals surface area (Å²) in [6.07, 6.45) is 0. The van der Waals surface area contributed by atoms with Gasteiger partial charge in [0.2, 0.25) is 5.75 Å². The van der Waals surface area contributed by atoms with Gasteiger partial charge < -0.3 is 19.1 Å². The van der Waals surface area contributed by atoms with Crippen molar-refractivity contribution in [1.29, 1.82) is 0 Å². The summed E-state index contributed by atoms with van der Waals surface area (Å²) in [4.78, 5) is 18.7. The average molecular weight is 398 g/mol. The second kappa shape index (κ2) is 9.23. The number of carbonyl (C=O) groups excluding carboxylic acids is 1. The Morgan fingerprint density at radius 2 is 1.71 bits per heavy atom. The number of ether oxygens (including phenoxy) is 3. The largest absolute Gasteiger partial charge is 0.493 e. The summed E-state index contributed by atoms with van der Waals surface area (Å²) in [6.45, 7) is 0.749. The molecule has 1 aromatic heterocycles. The second-order valence-electron chi connectivity index (χ2n) is 6.05. The Kier molecular flexibility index (Phi) is 6.49. The zero-order valence-electron chi connectivity index (χ0n) is 16.0. The van der Waals surface area contributed by atoms with Crippen molar-refractivity contribution in [2.75, 3.05) is 21.3 Å². The minimum Gasteiger partial charge on any atom is -0.493 e. The summed E-state index contributed by atoms with van der Waals surface area (Å²) in [7, 11) is 4.92. The molecular formula is C21H22N2O4S. The number of carbonyl (C=O) groups is 1. The standard InChI is InChI=1S/C21H22N2O4S/c1-23(12-15-8-5-4-6-9-15)21(24)16-14-28-19(22-16)13-27-20-17(25-2)10-7-11-18(20)26-3/h4-11,14H,12-13H2,1-3H3. The topological polar surface area (TPSA) is 60.9 Å². The lowest BCUT2D eigenvalue weighted by molar-refractivity contribution is 0.0779. The zero-order valence-corrected chi connectivity index (χ0v) is 16.9. The molecule has 0 atom stereocenters. The number of amides is 1. The minimum atomic E-state index is -0.124. The molecule has 28 heavy (non-hydrogen) atoms. The van der Waals surface area contributed by atoms with Crippen LogP contribution in [0.2, 0.25) is 0 Å². The summed E-state index contributed by atoms with van der Waals surface area (Å²) in [6, 6.07) is 15.3. The number of hydrogen-bond acceptors (Lipinski definition) is 6. The van der Waals surface area contributed by atoms with E-state index in [-0.39, 0.29) is 12.5 Å². The predicted octanol–water partition coefficient (Wildman–Crippen LogP) is 4.01. The quantitative estimate of drug-likeness (QED) is 0.574. The van der Waals surface area contributed by atoms with Gasteiger partial charge in [0.1, 0.15) is 17.3 Å². The molecule has 3 aromatic rings. The molecule has 1 heterocycles. The predicted molar refractivity (Wildman–Crippen MR) is 108 cm³/mol. The van der Waals surface area contributed by atoms with Gasteiger partial charge in [0.25, 0.3) is 5.91 Å². The van der Waals surface area contributed by atoms with Crippen molar-refractivity contribution < 1.29 is 19.0 Å². The minimum absolute atomic E-state index is 0.124. The van der Waals surface area contributed by atoms with Gasteiger partial charge in [0, 0.05) is 19.0 Å². The van der Waals surface area contributed by atoms with Crippen LogP contribution in [0.5, 0.6) is 17.2 Å². The van der Waals surface area contributed by atoms with E-state index < -0.39 is 0 Å². The van der Waals surface area contributed by atoms with E-state index in [0.717, 1.165) is 5.56 Å². The van der Waals surface area contributed by atoms with Gasteiger partial charge in [0.05, 0.1) is 14.2 Å². The Balaban J connectivity index is 1.65. The van der Waals surface area contributed by atoms with E-state index in [2.05, 4.69) is 4.98 Å². The Morgan fingerprint density at radius 3 is 2.36 bits per heavy atom. The zero-order chi connectivity index (χ0) is 19.9. The van der Waals surface area contributed by atoms with E-state index in [4.69, 9.17) is 14.2 Å². The van der Waals surface area contributed by atoms with Gasteiger partial charge in [0.15, 0.2) is 11.5 Å². The summed E-state index contributed by atoms with van der Waals surface area (Å²) < 4.78 is 16.5. The molecule has 6 nitrogen and oxygen atoms in total. The molecule has 0 N–H and O–H groups in total. The fourth-order valence-corrected chi connectivity index (χ4v) is 3.37. The van der Waals surface area contributed by atoms with Gasteiger partial charge in [-0.15, -0.1) is 11.3 Å². The van der Waals surface area contributed by atoms with Crippen LogP contribution in [0, 0.1) is 0 Å². The summed E-state index contributed by atoms with van der Waals surface area (Å²) in [5.41, 5.74) is 1.48. The van der Waals surface area contributed by atoms with E-state index in [0.29, 0.717) is 34.5 Å². The molecule has 0 aliphatic heterocycles. The van der Waals surface area contributed by atoms with E-state index >= 15 is 0 Å². The molecule has 2 aromatic carbocycles. The first-order valence-corrected chi connectivity index (χ1v) is 9.58. The average Bonchev–Trinajstić information content (AvgIpc) is 3.21. The highest BCUT2D eigenvalue weighted by Gasteiger charge is 2.17. The maximum atomic E-state index is 12.6. The smallest absolute Gasteiger partial charge is 0.273 e. The van der Waals surface area contributed by atoms with Crippen LogP contribution in [-0.4, -0.2) is 37.1 Å². The van der Waals surface area contributed by atoms with Gasteiger partial charge in [-0.3, -0.25) is 4.79 Å². The lowest BCUT2D eigenvalue weighted by atomic mass is 10.2. The Morgan fingerprint density at radius 1 is 1.04 bits per heavy atom. The van der Waals surface area contributed by atoms with Crippen LogP contribution in [0.4, 0.5) is 0 Å². The highest BCUT2D eigenvalue weighted by Crippen LogP contribution is 2.37. The lowest BCUT2D eigenvalue weighted by Gasteiger charge is -2.16. The van der Waals surface area contributed by atoms with Crippen molar-refractivity contribution in [3.63, 3.8) is 0 Å². The molecule has 0 unspecified atom stereocenters. The molecule has 0 saturated heterocycles. The molecule has 0 fully saturated rings. The number of nitrogens with zero attached hydrogens (tertiary/aromatic N) is 2. The van der Waals surface area contributed by atoms with E-state index in [1.165, 1.54) is 11.3 Å². The normalized spacial score (nSPS) is 10.4. The van der Waals surface area contributed by atoms with Crippen LogP contribution >= 0.6 is 11.3 Å². The van der Waals surface area contributed by atoms with Crippen molar-refractivity contribution >= 4 is 17.2 Å². The van der Waals surface area contributed by atoms with Crippen LogP contribution < -0.4 is 14.2 Å². The number of benzene rings is 2. The Labute approximate surface area is 168 Å². The Bertz CT molecular complexity index is 905. The van der Waals surface area contributed by atoms with Crippen molar-refractivity contribution in [2.45, 2.75) is 13.2 Å². The summed E-state index contributed by atoms with van der Waals surface area (Å²) in [5.74, 6) is 1.54. The molecule has 146 valence electrons. The van der Waals surface area contributed by atoms with Crippen molar-refractivity contribution in [3.05, 3.63) is 70.2 Å². The first-order valence-electron chi connectivity index (χ1n) is 8.70. The molecule has 0 bridgehead atoms. The van der Waals surface area contributed by atoms with Gasteiger partial charge in [-0.05, 0) is 17.7 Å². The number of hydrogen-bond donors (Lipinski definition) is 0. The number of methoxy groups -OCH3 is 2. The number of para-hydroxylation sites is 1. The van der Waals surface area contributed by atoms with Gasteiger partial charge >= 0.3 is 0 Å². The molecule has 7 heteroatoms. The summed E-state index contributed by atoms with van der Waals surface area (Å²) in [5, 5.41) is 2.45. The second-order valence-corrected chi connectivity index (χ2v) is 7.00. The molecular weight excluding hydrogens is 376 g/mol. The van der Waals surface area contributed by atoms with E-state index in [9.17, 15) is 4.79 Å². The van der Waals surface area contributed by atoms with Crippen LogP contribution in [0.15, 0.2) is 53.9 Å². The first-order chi connectivity index (χ1) is 13.6. The van der Waals surface area contributed by atoms with Gasteiger partial charge in [-0.2, -0.15) is 0 Å². The van der Waals surface area contributed by atoms with Crippen LogP contribution in [-0.2, 0) is 13.2 Å². The maximum Gasteiger partial charge on any atom is 0.273 e. The third-order valence-corrected chi connectivity index (χ3v) is 4.93. The SMILES string of the molecule is COc1cccc(OC)c1OCc1nc(C(=O)N(C)Cc2ccccc2)cs1. The van der Waals surface area contributed by atoms with E-state index in [1.54, 1.807) is 43.7 Å². The highest BCUT2D eigenvalue weighted by atomic mass is 32.1. The number of aromatic nitrogens is 1. The molecule has 1 amide bonds. The lowest BCUT2D eigenvalue weighted by Crippen LogP contribution is -2.26. The summed E-state index contributed by atoms with van der Waals surface area (Å²) >= 11 is 1.38. The van der Waals surface area contributed by atoms with Gasteiger partial charge in [-0.25, -0.2) is 4.98 Å². The van der Waals surface area contributed by atoms with E-state index in [1.807, 2.05) is 36.4 Å². The van der Waals surface area contributed by atoms with Crippen LogP contribution in [0.1, 0.15) is 21.1 Å². The van der Waals surface area contributed by atoms with Crippen molar-refractivity contribution in [2.24, 2.45) is 0 Å². The Hall–Kier alpha value is -3.06. The van der Waals surface area contributed by atoms with Crippen molar-refractivity contribution in [1.82, 2.24) is 9.88 Å². The maximum absolute atomic E-state index is 12.6. The van der Waals surface area contributed by atoms with Crippen molar-refractivity contribution in [3.8, 4) is 17.2 Å². The molecule has 0 aliphatic carbocycles. The molecule has 3 rings (SSSR count). The van der Waals surface area contributed by atoms with Crippen LogP contribution in [0.3, 0.4) is 0 Å². The molecule has 0 radical (unpaired) electrons.